The van der Waals surface area contributed by atoms with E-state index in [1.54, 1.807) is 22.8 Å². The van der Waals surface area contributed by atoms with Crippen LogP contribution in [0.15, 0.2) is 23.0 Å². The number of fused-ring (bicyclic) bond motifs is 2. The summed E-state index contributed by atoms with van der Waals surface area (Å²) in [5, 5.41) is 6.17. The van der Waals surface area contributed by atoms with E-state index in [9.17, 15) is 9.59 Å². The first-order valence-corrected chi connectivity index (χ1v) is 8.19. The smallest absolute Gasteiger partial charge is 0.319 e. The second-order valence-corrected chi connectivity index (χ2v) is 6.08. The molecule has 6 heteroatoms. The van der Waals surface area contributed by atoms with Gasteiger partial charge in [0.05, 0.1) is 10.9 Å². The Morgan fingerprint density at radius 1 is 1.39 bits per heavy atom. The molecular formula is C17H22N4O2. The molecular weight excluding hydrogens is 292 g/mol. The van der Waals surface area contributed by atoms with Crippen LogP contribution in [0.2, 0.25) is 0 Å². The molecule has 23 heavy (non-hydrogen) atoms. The highest BCUT2D eigenvalue weighted by atomic mass is 16.2. The number of hydrogen-bond acceptors (Lipinski definition) is 3. The molecule has 0 aliphatic carbocycles. The van der Waals surface area contributed by atoms with Crippen molar-refractivity contribution in [2.45, 2.75) is 52.1 Å². The van der Waals surface area contributed by atoms with Crippen molar-refractivity contribution in [1.29, 1.82) is 0 Å². The van der Waals surface area contributed by atoms with Gasteiger partial charge in [-0.05, 0) is 44.4 Å². The number of hydrogen-bond donors (Lipinski definition) is 2. The number of aromatic nitrogens is 2. The van der Waals surface area contributed by atoms with Gasteiger partial charge in [-0.25, -0.2) is 9.78 Å². The van der Waals surface area contributed by atoms with Crippen molar-refractivity contribution in [2.75, 3.05) is 5.32 Å². The molecule has 1 unspecified atom stereocenters. The summed E-state index contributed by atoms with van der Waals surface area (Å²) in [5.41, 5.74) is 1.28. The average molecular weight is 314 g/mol. The number of urea groups is 1. The first-order valence-electron chi connectivity index (χ1n) is 8.19. The number of aryl methyl sites for hydroxylation is 1. The van der Waals surface area contributed by atoms with Crippen molar-refractivity contribution in [3.63, 3.8) is 0 Å². The van der Waals surface area contributed by atoms with Gasteiger partial charge < -0.3 is 10.6 Å². The van der Waals surface area contributed by atoms with Gasteiger partial charge in [0.15, 0.2) is 0 Å². The molecule has 1 aromatic carbocycles. The highest BCUT2D eigenvalue weighted by Crippen LogP contribution is 2.18. The summed E-state index contributed by atoms with van der Waals surface area (Å²) in [6.07, 6.45) is 3.80. The summed E-state index contributed by atoms with van der Waals surface area (Å²) in [6.45, 7) is 4.68. The van der Waals surface area contributed by atoms with Gasteiger partial charge in [0.1, 0.15) is 5.82 Å². The lowest BCUT2D eigenvalue weighted by Crippen LogP contribution is -2.35. The highest BCUT2D eigenvalue weighted by Gasteiger charge is 2.15. The third kappa shape index (κ3) is 3.21. The largest absolute Gasteiger partial charge is 0.335 e. The first-order chi connectivity index (χ1) is 11.1. The topological polar surface area (TPSA) is 76.0 Å². The van der Waals surface area contributed by atoms with Gasteiger partial charge >= 0.3 is 6.03 Å². The minimum atomic E-state index is -0.260. The number of amides is 2. The molecule has 1 aliphatic rings. The summed E-state index contributed by atoms with van der Waals surface area (Å²) < 4.78 is 1.76. The fourth-order valence-corrected chi connectivity index (χ4v) is 2.81. The van der Waals surface area contributed by atoms with E-state index in [-0.39, 0.29) is 17.6 Å². The van der Waals surface area contributed by atoms with Gasteiger partial charge in [0.2, 0.25) is 0 Å². The molecule has 2 N–H and O–H groups in total. The lowest BCUT2D eigenvalue weighted by molar-refractivity contribution is 0.249. The van der Waals surface area contributed by atoms with Crippen molar-refractivity contribution < 1.29 is 4.79 Å². The van der Waals surface area contributed by atoms with Crippen molar-refractivity contribution in [2.24, 2.45) is 0 Å². The van der Waals surface area contributed by atoms with E-state index in [1.807, 2.05) is 13.8 Å². The van der Waals surface area contributed by atoms with Gasteiger partial charge in [-0.3, -0.25) is 9.36 Å². The van der Waals surface area contributed by atoms with E-state index in [0.717, 1.165) is 38.1 Å². The highest BCUT2D eigenvalue weighted by molar-refractivity contribution is 5.92. The summed E-state index contributed by atoms with van der Waals surface area (Å²) in [4.78, 5) is 29.1. The number of benzene rings is 1. The lowest BCUT2D eigenvalue weighted by atomic mass is 10.1. The van der Waals surface area contributed by atoms with Crippen molar-refractivity contribution in [3.05, 3.63) is 34.4 Å². The fraction of sp³-hybridized carbons (Fsp3) is 0.471. The molecule has 1 aliphatic heterocycles. The molecule has 6 nitrogen and oxygen atoms in total. The van der Waals surface area contributed by atoms with Crippen molar-refractivity contribution in [1.82, 2.24) is 14.9 Å². The van der Waals surface area contributed by atoms with Crippen molar-refractivity contribution >= 4 is 22.6 Å². The second kappa shape index (κ2) is 6.40. The molecule has 2 heterocycles. The number of nitrogens with zero attached hydrogens (tertiary/aromatic N) is 2. The molecule has 0 spiro atoms. The van der Waals surface area contributed by atoms with Crippen LogP contribution in [0, 0.1) is 0 Å². The average Bonchev–Trinajstić information content (AvgIpc) is 2.55. The minimum absolute atomic E-state index is 0.0179. The molecule has 0 fully saturated rings. The maximum atomic E-state index is 12.6. The van der Waals surface area contributed by atoms with Crippen LogP contribution in [0.3, 0.4) is 0 Å². The Kier molecular flexibility index (Phi) is 4.32. The number of rotatable bonds is 3. The van der Waals surface area contributed by atoms with Crippen molar-refractivity contribution in [3.8, 4) is 0 Å². The summed E-state index contributed by atoms with van der Waals surface area (Å²) in [6, 6.07) is 5.14. The standard InChI is InChI=1S/C17H22N4O2/c1-3-11(2)18-17(23)19-12-7-8-14-13(10-12)16(22)21-9-5-4-6-15(21)20-14/h7-8,10-11H,3-6,9H2,1-2H3,(H2,18,19,23). The van der Waals surface area contributed by atoms with Crippen LogP contribution in [0.25, 0.3) is 10.9 Å². The molecule has 0 bridgehead atoms. The van der Waals surface area contributed by atoms with Gasteiger partial charge in [-0.2, -0.15) is 0 Å². The molecule has 0 saturated carbocycles. The van der Waals surface area contributed by atoms with Gasteiger partial charge in [0, 0.05) is 24.7 Å². The van der Waals surface area contributed by atoms with Crippen LogP contribution in [-0.2, 0) is 13.0 Å². The van der Waals surface area contributed by atoms with Crippen LogP contribution >= 0.6 is 0 Å². The van der Waals surface area contributed by atoms with Gasteiger partial charge in [-0.1, -0.05) is 6.92 Å². The van der Waals surface area contributed by atoms with Crippen LogP contribution in [-0.4, -0.2) is 21.6 Å². The number of carbonyl (C=O) groups is 1. The Bertz CT molecular complexity index is 797. The monoisotopic (exact) mass is 314 g/mol. The summed E-state index contributed by atoms with van der Waals surface area (Å²) in [5.74, 6) is 0.865. The van der Waals surface area contributed by atoms with E-state index in [0.29, 0.717) is 16.6 Å². The third-order valence-electron chi connectivity index (χ3n) is 4.31. The predicted molar refractivity (Wildman–Crippen MR) is 90.8 cm³/mol. The Morgan fingerprint density at radius 2 is 2.22 bits per heavy atom. The first kappa shape index (κ1) is 15.5. The zero-order valence-electron chi connectivity index (χ0n) is 13.6. The molecule has 3 rings (SSSR count). The molecule has 122 valence electrons. The summed E-state index contributed by atoms with van der Waals surface area (Å²) >= 11 is 0. The lowest BCUT2D eigenvalue weighted by Gasteiger charge is -2.18. The summed E-state index contributed by atoms with van der Waals surface area (Å²) in [7, 11) is 0. The minimum Gasteiger partial charge on any atom is -0.335 e. The molecule has 1 aromatic heterocycles. The van der Waals surface area contributed by atoms with Crippen LogP contribution in [0.4, 0.5) is 10.5 Å². The predicted octanol–water partition coefficient (Wildman–Crippen LogP) is 2.65. The van der Waals surface area contributed by atoms with Crippen LogP contribution in [0.1, 0.15) is 38.9 Å². The SMILES string of the molecule is CCC(C)NC(=O)Nc1ccc2nc3n(c(=O)c2c1)CCCC3. The van der Waals surface area contributed by atoms with E-state index in [1.165, 1.54) is 0 Å². The van der Waals surface area contributed by atoms with Crippen LogP contribution < -0.4 is 16.2 Å². The number of nitrogens with one attached hydrogen (secondary N) is 2. The Hall–Kier alpha value is -2.37. The third-order valence-corrected chi connectivity index (χ3v) is 4.31. The number of anilines is 1. The molecule has 1 atom stereocenters. The van der Waals surface area contributed by atoms with E-state index in [4.69, 9.17) is 0 Å². The molecule has 2 aromatic rings. The van der Waals surface area contributed by atoms with Gasteiger partial charge in [0.25, 0.3) is 5.56 Å². The fourth-order valence-electron chi connectivity index (χ4n) is 2.81. The maximum absolute atomic E-state index is 12.6. The Balaban J connectivity index is 1.91. The molecule has 0 radical (unpaired) electrons. The molecule has 0 saturated heterocycles. The van der Waals surface area contributed by atoms with Crippen LogP contribution in [0.5, 0.6) is 0 Å². The molecule has 2 amide bonds. The van der Waals surface area contributed by atoms with Gasteiger partial charge in [-0.15, -0.1) is 0 Å². The van der Waals surface area contributed by atoms with E-state index < -0.39 is 0 Å². The number of carbonyl (C=O) groups excluding carboxylic acids is 1. The zero-order chi connectivity index (χ0) is 16.4. The van der Waals surface area contributed by atoms with E-state index >= 15 is 0 Å². The second-order valence-electron chi connectivity index (χ2n) is 6.08. The quantitative estimate of drug-likeness (QED) is 0.914. The van der Waals surface area contributed by atoms with E-state index in [2.05, 4.69) is 15.6 Å². The Labute approximate surface area is 134 Å². The Morgan fingerprint density at radius 3 is 3.00 bits per heavy atom. The maximum Gasteiger partial charge on any atom is 0.319 e. The zero-order valence-corrected chi connectivity index (χ0v) is 13.6. The normalized spacial score (nSPS) is 15.0.